The van der Waals surface area contributed by atoms with Crippen LogP contribution in [0.4, 0.5) is 0 Å². The van der Waals surface area contributed by atoms with E-state index in [2.05, 4.69) is 34.1 Å². The van der Waals surface area contributed by atoms with Crippen molar-refractivity contribution in [2.24, 2.45) is 0 Å². The molecule has 29 heavy (non-hydrogen) atoms. The van der Waals surface area contributed by atoms with Gasteiger partial charge in [-0.25, -0.2) is 9.67 Å². The van der Waals surface area contributed by atoms with Crippen LogP contribution in [0.15, 0.2) is 95.5 Å². The van der Waals surface area contributed by atoms with Crippen LogP contribution in [0.5, 0.6) is 0 Å². The molecule has 5 heteroatoms. The van der Waals surface area contributed by atoms with E-state index in [0.29, 0.717) is 5.02 Å². The van der Waals surface area contributed by atoms with Gasteiger partial charge in [-0.2, -0.15) is 5.10 Å². The Morgan fingerprint density at radius 3 is 2.14 bits per heavy atom. The minimum Gasteiger partial charge on any atom is -0.228 e. The van der Waals surface area contributed by atoms with Gasteiger partial charge in [-0.3, -0.25) is 0 Å². The monoisotopic (exact) mass is 459 g/mol. The van der Waals surface area contributed by atoms with Crippen LogP contribution in [0, 0.1) is 0 Å². The average Bonchev–Trinajstić information content (AvgIpc) is 3.14. The third-order valence-corrected chi connectivity index (χ3v) is 5.57. The summed E-state index contributed by atoms with van der Waals surface area (Å²) in [5.74, 6) is 0. The molecule has 2 heterocycles. The standard InChI is InChI=1S/C24H15BrClN3/c25-18-10-6-16(7-11-18)22-15-14-21-23(17-8-12-19(26)13-9-17)28-29(24(21)27-22)20-4-2-1-3-5-20/h1-15H. The van der Waals surface area contributed by atoms with Crippen molar-refractivity contribution in [2.45, 2.75) is 0 Å². The zero-order valence-electron chi connectivity index (χ0n) is 15.3. The number of fused-ring (bicyclic) bond motifs is 1. The fourth-order valence-corrected chi connectivity index (χ4v) is 3.74. The van der Waals surface area contributed by atoms with Crippen molar-refractivity contribution in [3.05, 3.63) is 100 Å². The molecule has 0 amide bonds. The molecular weight excluding hydrogens is 446 g/mol. The summed E-state index contributed by atoms with van der Waals surface area (Å²) < 4.78 is 2.95. The quantitative estimate of drug-likeness (QED) is 0.286. The fourth-order valence-electron chi connectivity index (χ4n) is 3.35. The number of para-hydroxylation sites is 1. The predicted molar refractivity (Wildman–Crippen MR) is 122 cm³/mol. The Kier molecular flexibility index (Phi) is 4.66. The molecule has 0 aliphatic carbocycles. The molecule has 3 aromatic carbocycles. The van der Waals surface area contributed by atoms with Crippen LogP contribution in [-0.2, 0) is 0 Å². The molecule has 3 nitrogen and oxygen atoms in total. The Morgan fingerprint density at radius 1 is 0.724 bits per heavy atom. The number of nitrogens with zero attached hydrogens (tertiary/aromatic N) is 3. The highest BCUT2D eigenvalue weighted by Crippen LogP contribution is 2.31. The van der Waals surface area contributed by atoms with Crippen molar-refractivity contribution >= 4 is 38.6 Å². The highest BCUT2D eigenvalue weighted by molar-refractivity contribution is 9.10. The van der Waals surface area contributed by atoms with Gasteiger partial charge in [0.2, 0.25) is 0 Å². The molecule has 0 atom stereocenters. The Hall–Kier alpha value is -2.95. The maximum atomic E-state index is 6.08. The number of hydrogen-bond donors (Lipinski definition) is 0. The summed E-state index contributed by atoms with van der Waals surface area (Å²) in [7, 11) is 0. The van der Waals surface area contributed by atoms with E-state index in [4.69, 9.17) is 21.7 Å². The Bertz CT molecular complexity index is 1290. The maximum absolute atomic E-state index is 6.08. The highest BCUT2D eigenvalue weighted by Gasteiger charge is 2.16. The van der Waals surface area contributed by atoms with Crippen LogP contribution in [0.2, 0.25) is 5.02 Å². The lowest BCUT2D eigenvalue weighted by Crippen LogP contribution is -1.98. The van der Waals surface area contributed by atoms with Gasteiger partial charge in [-0.05, 0) is 48.5 Å². The van der Waals surface area contributed by atoms with Crippen LogP contribution in [0.25, 0.3) is 39.2 Å². The van der Waals surface area contributed by atoms with E-state index < -0.39 is 0 Å². The van der Waals surface area contributed by atoms with Gasteiger partial charge in [-0.1, -0.05) is 70.0 Å². The minimum atomic E-state index is 0.705. The fraction of sp³-hybridized carbons (Fsp3) is 0. The second-order valence-corrected chi connectivity index (χ2v) is 8.03. The van der Waals surface area contributed by atoms with Crippen molar-refractivity contribution in [3.63, 3.8) is 0 Å². The summed E-state index contributed by atoms with van der Waals surface area (Å²) in [4.78, 5) is 4.97. The molecule has 0 aliphatic rings. The smallest absolute Gasteiger partial charge is 0.164 e. The number of benzene rings is 3. The van der Waals surface area contributed by atoms with Gasteiger partial charge in [0.1, 0.15) is 5.69 Å². The van der Waals surface area contributed by atoms with Crippen molar-refractivity contribution in [1.82, 2.24) is 14.8 Å². The molecule has 0 saturated carbocycles. The van der Waals surface area contributed by atoms with E-state index in [1.807, 2.05) is 77.5 Å². The average molecular weight is 461 g/mol. The summed E-state index contributed by atoms with van der Waals surface area (Å²) in [6.45, 7) is 0. The number of rotatable bonds is 3. The topological polar surface area (TPSA) is 30.7 Å². The van der Waals surface area contributed by atoms with Gasteiger partial charge < -0.3 is 0 Å². The normalized spacial score (nSPS) is 11.1. The van der Waals surface area contributed by atoms with Crippen LogP contribution in [0.1, 0.15) is 0 Å². The van der Waals surface area contributed by atoms with Crippen LogP contribution in [0.3, 0.4) is 0 Å². The van der Waals surface area contributed by atoms with Crippen molar-refractivity contribution in [3.8, 4) is 28.2 Å². The first-order valence-corrected chi connectivity index (χ1v) is 10.3. The Balaban J connectivity index is 1.75. The molecule has 0 aliphatic heterocycles. The molecule has 5 rings (SSSR count). The summed E-state index contributed by atoms with van der Waals surface area (Å²) in [5, 5.41) is 6.61. The SMILES string of the molecule is Clc1ccc(-c2nn(-c3ccccc3)c3nc(-c4ccc(Br)cc4)ccc23)cc1. The van der Waals surface area contributed by atoms with Gasteiger partial charge in [0, 0.05) is 26.0 Å². The lowest BCUT2D eigenvalue weighted by Gasteiger charge is -2.05. The Labute approximate surface area is 181 Å². The van der Waals surface area contributed by atoms with Crippen LogP contribution < -0.4 is 0 Å². The molecule has 0 N–H and O–H groups in total. The maximum Gasteiger partial charge on any atom is 0.164 e. The first-order chi connectivity index (χ1) is 14.2. The molecule has 0 spiro atoms. The van der Waals surface area contributed by atoms with Gasteiger partial charge >= 0.3 is 0 Å². The van der Waals surface area contributed by atoms with Crippen LogP contribution >= 0.6 is 27.5 Å². The van der Waals surface area contributed by atoms with Crippen molar-refractivity contribution in [2.75, 3.05) is 0 Å². The second-order valence-electron chi connectivity index (χ2n) is 6.68. The summed E-state index contributed by atoms with van der Waals surface area (Å²) >= 11 is 9.57. The van der Waals surface area contributed by atoms with Crippen molar-refractivity contribution < 1.29 is 0 Å². The van der Waals surface area contributed by atoms with Gasteiger partial charge in [0.05, 0.1) is 11.4 Å². The molecule has 2 aromatic heterocycles. The molecule has 0 bridgehead atoms. The first-order valence-electron chi connectivity index (χ1n) is 9.16. The zero-order valence-corrected chi connectivity index (χ0v) is 17.6. The third-order valence-electron chi connectivity index (χ3n) is 4.79. The Morgan fingerprint density at radius 2 is 1.41 bits per heavy atom. The van der Waals surface area contributed by atoms with E-state index in [1.54, 1.807) is 0 Å². The largest absolute Gasteiger partial charge is 0.228 e. The summed E-state index contributed by atoms with van der Waals surface area (Å²) in [5.41, 5.74) is 5.65. The molecule has 0 saturated heterocycles. The molecular formula is C24H15BrClN3. The predicted octanol–water partition coefficient (Wildman–Crippen LogP) is 7.17. The minimum absolute atomic E-state index is 0.705. The molecule has 140 valence electrons. The van der Waals surface area contributed by atoms with Crippen LogP contribution in [-0.4, -0.2) is 14.8 Å². The summed E-state index contributed by atoms with van der Waals surface area (Å²) in [6, 6.07) is 30.1. The second kappa shape index (κ2) is 7.47. The van der Waals surface area contributed by atoms with E-state index >= 15 is 0 Å². The van der Waals surface area contributed by atoms with Gasteiger partial charge in [0.25, 0.3) is 0 Å². The number of halogens is 2. The lowest BCUT2D eigenvalue weighted by atomic mass is 10.1. The van der Waals surface area contributed by atoms with E-state index in [9.17, 15) is 0 Å². The van der Waals surface area contributed by atoms with Crippen molar-refractivity contribution in [1.29, 1.82) is 0 Å². The lowest BCUT2D eigenvalue weighted by molar-refractivity contribution is 0.901. The van der Waals surface area contributed by atoms with E-state index in [0.717, 1.165) is 43.7 Å². The van der Waals surface area contributed by atoms with Gasteiger partial charge in [0.15, 0.2) is 5.65 Å². The first kappa shape index (κ1) is 18.1. The molecule has 5 aromatic rings. The summed E-state index contributed by atoms with van der Waals surface area (Å²) in [6.07, 6.45) is 0. The number of aromatic nitrogens is 3. The highest BCUT2D eigenvalue weighted by atomic mass is 79.9. The number of pyridine rings is 1. The third kappa shape index (κ3) is 3.46. The van der Waals surface area contributed by atoms with E-state index in [1.165, 1.54) is 0 Å². The molecule has 0 radical (unpaired) electrons. The molecule has 0 unspecified atom stereocenters. The zero-order chi connectivity index (χ0) is 19.8. The number of hydrogen-bond acceptors (Lipinski definition) is 2. The molecule has 0 fully saturated rings. The van der Waals surface area contributed by atoms with Gasteiger partial charge in [-0.15, -0.1) is 0 Å². The van der Waals surface area contributed by atoms with E-state index in [-0.39, 0.29) is 0 Å².